The Balaban J connectivity index is 2.19. The third kappa shape index (κ3) is 1.67. The van der Waals surface area contributed by atoms with Crippen LogP contribution in [-0.4, -0.2) is 27.0 Å². The number of hydrogen-bond acceptors (Lipinski definition) is 3. The summed E-state index contributed by atoms with van der Waals surface area (Å²) >= 11 is 6.14. The van der Waals surface area contributed by atoms with Gasteiger partial charge in [0.15, 0.2) is 11.5 Å². The van der Waals surface area contributed by atoms with Gasteiger partial charge in [-0.1, -0.05) is 25.4 Å². The van der Waals surface area contributed by atoms with Crippen molar-refractivity contribution in [2.75, 3.05) is 11.4 Å². The fraction of sp³-hybridized carbons (Fsp3) is 0.538. The molecule has 0 bridgehead atoms. The molecule has 1 aliphatic heterocycles. The molecule has 3 rings (SSSR count). The number of hydrogen-bond donors (Lipinski definition) is 0. The smallest absolute Gasteiger partial charge is 0.180 e. The zero-order valence-electron chi connectivity index (χ0n) is 10.9. The topological polar surface area (TPSA) is 33.4 Å². The van der Waals surface area contributed by atoms with Crippen molar-refractivity contribution in [2.24, 2.45) is 0 Å². The maximum absolute atomic E-state index is 6.14. The molecule has 0 aliphatic carbocycles. The van der Waals surface area contributed by atoms with Crippen LogP contribution in [0.1, 0.15) is 38.8 Å². The van der Waals surface area contributed by atoms with Gasteiger partial charge in [0.1, 0.15) is 5.15 Å². The summed E-state index contributed by atoms with van der Waals surface area (Å²) in [7, 11) is 0. The van der Waals surface area contributed by atoms with Crippen molar-refractivity contribution >= 4 is 23.1 Å². The van der Waals surface area contributed by atoms with E-state index >= 15 is 0 Å². The van der Waals surface area contributed by atoms with Crippen LogP contribution in [0.25, 0.3) is 5.65 Å². The molecule has 5 heteroatoms. The van der Waals surface area contributed by atoms with Gasteiger partial charge in [-0.3, -0.25) is 4.40 Å². The zero-order chi connectivity index (χ0) is 12.9. The Labute approximate surface area is 112 Å². The Morgan fingerprint density at radius 3 is 2.78 bits per heavy atom. The summed E-state index contributed by atoms with van der Waals surface area (Å²) in [6.45, 7) is 7.55. The first-order chi connectivity index (χ1) is 8.58. The van der Waals surface area contributed by atoms with E-state index in [2.05, 4.69) is 40.0 Å². The SMILES string of the molecule is CC(C)c1cnc2c(N3CC[C@@H]3C)nc(Cl)cn12. The maximum Gasteiger partial charge on any atom is 0.180 e. The number of imidazole rings is 1. The number of anilines is 1. The molecule has 0 amide bonds. The molecule has 2 aromatic rings. The van der Waals surface area contributed by atoms with Crippen LogP contribution in [0.4, 0.5) is 5.82 Å². The summed E-state index contributed by atoms with van der Waals surface area (Å²) in [5, 5.41) is 0.525. The Bertz CT molecular complexity index is 590. The predicted octanol–water partition coefficient (Wildman–Crippen LogP) is 3.10. The average Bonchev–Trinajstić information content (AvgIpc) is 2.70. The van der Waals surface area contributed by atoms with Gasteiger partial charge in [0, 0.05) is 30.7 Å². The minimum atomic E-state index is 0.417. The van der Waals surface area contributed by atoms with Gasteiger partial charge >= 0.3 is 0 Å². The number of halogens is 1. The number of nitrogens with zero attached hydrogens (tertiary/aromatic N) is 4. The van der Waals surface area contributed by atoms with Gasteiger partial charge in [0.2, 0.25) is 0 Å². The lowest BCUT2D eigenvalue weighted by Gasteiger charge is -2.39. The van der Waals surface area contributed by atoms with Gasteiger partial charge in [-0.05, 0) is 19.3 Å². The van der Waals surface area contributed by atoms with Crippen LogP contribution in [0.15, 0.2) is 12.4 Å². The third-order valence-electron chi connectivity index (χ3n) is 3.66. The monoisotopic (exact) mass is 264 g/mol. The molecular weight excluding hydrogens is 248 g/mol. The molecule has 1 saturated heterocycles. The van der Waals surface area contributed by atoms with Gasteiger partial charge in [-0.2, -0.15) is 0 Å². The minimum Gasteiger partial charge on any atom is -0.351 e. The second kappa shape index (κ2) is 4.12. The quantitative estimate of drug-likeness (QED) is 0.836. The van der Waals surface area contributed by atoms with Crippen LogP contribution in [0, 0.1) is 0 Å². The Morgan fingerprint density at radius 2 is 2.22 bits per heavy atom. The molecule has 0 aromatic carbocycles. The Kier molecular flexibility index (Phi) is 2.70. The summed E-state index contributed by atoms with van der Waals surface area (Å²) in [6, 6.07) is 0.527. The molecule has 1 aliphatic rings. The van der Waals surface area contributed by atoms with Crippen LogP contribution in [0.5, 0.6) is 0 Å². The first kappa shape index (κ1) is 11.8. The second-order valence-electron chi connectivity index (χ2n) is 5.25. The third-order valence-corrected chi connectivity index (χ3v) is 3.84. The molecule has 3 heterocycles. The van der Waals surface area contributed by atoms with E-state index < -0.39 is 0 Å². The summed E-state index contributed by atoms with van der Waals surface area (Å²) < 4.78 is 2.07. The van der Waals surface area contributed by atoms with Crippen molar-refractivity contribution < 1.29 is 0 Å². The molecule has 0 saturated carbocycles. The first-order valence-corrected chi connectivity index (χ1v) is 6.76. The van der Waals surface area contributed by atoms with Gasteiger partial charge in [-0.25, -0.2) is 9.97 Å². The lowest BCUT2D eigenvalue weighted by Crippen LogP contribution is -2.46. The maximum atomic E-state index is 6.14. The van der Waals surface area contributed by atoms with E-state index in [4.69, 9.17) is 11.6 Å². The Morgan fingerprint density at radius 1 is 1.44 bits per heavy atom. The van der Waals surface area contributed by atoms with Crippen molar-refractivity contribution in [1.82, 2.24) is 14.4 Å². The van der Waals surface area contributed by atoms with Gasteiger partial charge < -0.3 is 4.90 Å². The van der Waals surface area contributed by atoms with Crippen LogP contribution in [-0.2, 0) is 0 Å². The number of rotatable bonds is 2. The molecule has 2 aromatic heterocycles. The van der Waals surface area contributed by atoms with E-state index in [1.807, 2.05) is 12.4 Å². The van der Waals surface area contributed by atoms with E-state index in [-0.39, 0.29) is 0 Å². The summed E-state index contributed by atoms with van der Waals surface area (Å²) in [4.78, 5) is 11.2. The summed E-state index contributed by atoms with van der Waals surface area (Å²) in [5.74, 6) is 1.33. The first-order valence-electron chi connectivity index (χ1n) is 6.38. The molecule has 0 unspecified atom stereocenters. The summed E-state index contributed by atoms with van der Waals surface area (Å²) in [5.41, 5.74) is 2.08. The molecule has 4 nitrogen and oxygen atoms in total. The average molecular weight is 265 g/mol. The van der Waals surface area contributed by atoms with Crippen LogP contribution < -0.4 is 4.90 Å². The lowest BCUT2D eigenvalue weighted by molar-refractivity contribution is 0.477. The van der Waals surface area contributed by atoms with Gasteiger partial charge in [-0.15, -0.1) is 0 Å². The second-order valence-corrected chi connectivity index (χ2v) is 5.64. The van der Waals surface area contributed by atoms with Gasteiger partial charge in [0.05, 0.1) is 0 Å². The van der Waals surface area contributed by atoms with Crippen LogP contribution in [0.3, 0.4) is 0 Å². The van der Waals surface area contributed by atoms with Crippen LogP contribution in [0.2, 0.25) is 5.15 Å². The van der Waals surface area contributed by atoms with Crippen molar-refractivity contribution in [3.8, 4) is 0 Å². The molecule has 18 heavy (non-hydrogen) atoms. The Hall–Kier alpha value is -1.29. The summed E-state index contributed by atoms with van der Waals surface area (Å²) in [6.07, 6.45) is 4.98. The minimum absolute atomic E-state index is 0.417. The lowest BCUT2D eigenvalue weighted by atomic mass is 10.1. The molecule has 1 fully saturated rings. The number of fused-ring (bicyclic) bond motifs is 1. The van der Waals surface area contributed by atoms with Crippen molar-refractivity contribution in [3.63, 3.8) is 0 Å². The largest absolute Gasteiger partial charge is 0.351 e. The predicted molar refractivity (Wildman–Crippen MR) is 73.5 cm³/mol. The zero-order valence-corrected chi connectivity index (χ0v) is 11.6. The fourth-order valence-corrected chi connectivity index (χ4v) is 2.59. The van der Waals surface area contributed by atoms with E-state index in [1.54, 1.807) is 0 Å². The molecule has 0 spiro atoms. The standard InChI is InChI=1S/C13H17ClN4/c1-8(2)10-6-15-12-13(17-5-4-9(17)3)16-11(14)7-18(10)12/h6-9H,4-5H2,1-3H3/t9-/m0/s1. The highest BCUT2D eigenvalue weighted by atomic mass is 35.5. The molecule has 0 radical (unpaired) electrons. The van der Waals surface area contributed by atoms with Gasteiger partial charge in [0.25, 0.3) is 0 Å². The van der Waals surface area contributed by atoms with E-state index in [1.165, 1.54) is 12.1 Å². The van der Waals surface area contributed by atoms with Crippen LogP contribution >= 0.6 is 11.6 Å². The van der Waals surface area contributed by atoms with E-state index in [9.17, 15) is 0 Å². The molecule has 0 N–H and O–H groups in total. The molecule has 1 atom stereocenters. The normalized spacial score (nSPS) is 19.6. The van der Waals surface area contributed by atoms with Crippen molar-refractivity contribution in [1.29, 1.82) is 0 Å². The van der Waals surface area contributed by atoms with Crippen molar-refractivity contribution in [2.45, 2.75) is 39.2 Å². The van der Waals surface area contributed by atoms with E-state index in [0.29, 0.717) is 17.1 Å². The van der Waals surface area contributed by atoms with E-state index in [0.717, 1.165) is 18.0 Å². The number of aromatic nitrogens is 3. The highest BCUT2D eigenvalue weighted by Crippen LogP contribution is 2.30. The highest BCUT2D eigenvalue weighted by Gasteiger charge is 2.28. The van der Waals surface area contributed by atoms with Crippen molar-refractivity contribution in [3.05, 3.63) is 23.2 Å². The molecule has 96 valence electrons. The molecular formula is C13H17ClN4. The fourth-order valence-electron chi connectivity index (χ4n) is 2.41. The highest BCUT2D eigenvalue weighted by molar-refractivity contribution is 6.29.